The second-order valence-electron chi connectivity index (χ2n) is 5.42. The summed E-state index contributed by atoms with van der Waals surface area (Å²) in [4.78, 5) is 10.7. The fourth-order valence-electron chi connectivity index (χ4n) is 2.54. The van der Waals surface area contributed by atoms with E-state index in [1.54, 1.807) is 0 Å². The van der Waals surface area contributed by atoms with E-state index < -0.39 is 11.7 Å². The third-order valence-electron chi connectivity index (χ3n) is 3.04. The van der Waals surface area contributed by atoms with Crippen molar-refractivity contribution in [3.63, 3.8) is 0 Å². The summed E-state index contributed by atoms with van der Waals surface area (Å²) >= 11 is 0. The fourth-order valence-corrected chi connectivity index (χ4v) is 2.54. The van der Waals surface area contributed by atoms with Crippen LogP contribution in [-0.4, -0.2) is 24.8 Å². The van der Waals surface area contributed by atoms with Gasteiger partial charge in [0.2, 0.25) is 0 Å². The average Bonchev–Trinajstić information content (AvgIpc) is 1.99. The molecule has 4 nitrogen and oxygen atoms in total. The molecule has 0 aromatic carbocycles. The number of piperidine rings is 1. The van der Waals surface area contributed by atoms with E-state index in [1.807, 2.05) is 13.8 Å². The fraction of sp³-hybridized carbons (Fsp3) is 0.909. The van der Waals surface area contributed by atoms with Crippen LogP contribution in [0.4, 0.5) is 4.79 Å². The van der Waals surface area contributed by atoms with Crippen LogP contribution in [0.1, 0.15) is 40.0 Å². The van der Waals surface area contributed by atoms with Gasteiger partial charge in [-0.05, 0) is 51.6 Å². The van der Waals surface area contributed by atoms with E-state index >= 15 is 0 Å². The lowest BCUT2D eigenvalue weighted by Gasteiger charge is -2.39. The molecule has 0 unspecified atom stereocenters. The molecule has 3 N–H and O–H groups in total. The Balaban J connectivity index is 2.54. The van der Waals surface area contributed by atoms with E-state index in [2.05, 4.69) is 12.2 Å². The molecule has 1 aliphatic rings. The minimum absolute atomic E-state index is 0.254. The number of ether oxygens (including phenoxy) is 1. The number of carbonyl (C=O) groups excluding carboxylic acids is 1. The van der Waals surface area contributed by atoms with Gasteiger partial charge in [0.15, 0.2) is 0 Å². The Bertz CT molecular complexity index is 233. The molecule has 4 heteroatoms. The Kier molecular flexibility index (Phi) is 3.60. The predicted octanol–water partition coefficient (Wildman–Crippen LogP) is 1.64. The highest BCUT2D eigenvalue weighted by Crippen LogP contribution is 2.37. The van der Waals surface area contributed by atoms with Gasteiger partial charge in [-0.15, -0.1) is 0 Å². The van der Waals surface area contributed by atoms with Crippen molar-refractivity contribution in [2.75, 3.05) is 13.1 Å². The van der Waals surface area contributed by atoms with E-state index in [0.29, 0.717) is 0 Å². The van der Waals surface area contributed by atoms with Crippen LogP contribution in [0, 0.1) is 5.41 Å². The largest absolute Gasteiger partial charge is 0.444 e. The van der Waals surface area contributed by atoms with Gasteiger partial charge in [0.05, 0.1) is 0 Å². The van der Waals surface area contributed by atoms with Crippen LogP contribution >= 0.6 is 0 Å². The number of carbonyl (C=O) groups is 1. The van der Waals surface area contributed by atoms with Gasteiger partial charge in [-0.25, -0.2) is 4.79 Å². The van der Waals surface area contributed by atoms with E-state index in [-0.39, 0.29) is 5.41 Å². The van der Waals surface area contributed by atoms with Gasteiger partial charge in [-0.1, -0.05) is 6.92 Å². The summed E-state index contributed by atoms with van der Waals surface area (Å²) in [6, 6.07) is 0. The summed E-state index contributed by atoms with van der Waals surface area (Å²) in [6.07, 6.45) is 2.43. The molecular weight excluding hydrogens is 192 g/mol. The first-order chi connectivity index (χ1) is 6.83. The number of hydrogen-bond acceptors (Lipinski definition) is 3. The van der Waals surface area contributed by atoms with Crippen LogP contribution in [0.3, 0.4) is 0 Å². The molecule has 0 spiro atoms. The van der Waals surface area contributed by atoms with Gasteiger partial charge < -0.3 is 15.8 Å². The molecule has 88 valence electrons. The maximum Gasteiger partial charge on any atom is 0.405 e. The lowest BCUT2D eigenvalue weighted by molar-refractivity contribution is -0.0000492. The zero-order valence-electron chi connectivity index (χ0n) is 9.93. The standard InChI is InChI=1S/C11H22N2O2/c1-10(2,15-9(12)14)8-11(3)4-6-13-7-5-11/h13H,4-8H2,1-3H3,(H2,12,14). The Morgan fingerprint density at radius 2 is 2.00 bits per heavy atom. The normalized spacial score (nSPS) is 21.0. The van der Waals surface area contributed by atoms with Gasteiger partial charge >= 0.3 is 6.09 Å². The van der Waals surface area contributed by atoms with Crippen LogP contribution in [0.5, 0.6) is 0 Å². The topological polar surface area (TPSA) is 64.3 Å². The van der Waals surface area contributed by atoms with Gasteiger partial charge in [-0.2, -0.15) is 0 Å². The molecule has 0 atom stereocenters. The summed E-state index contributed by atoms with van der Waals surface area (Å²) < 4.78 is 5.12. The zero-order chi connectivity index (χ0) is 11.5. The molecule has 1 amide bonds. The number of rotatable bonds is 3. The first kappa shape index (κ1) is 12.3. The van der Waals surface area contributed by atoms with Crippen molar-refractivity contribution in [2.45, 2.75) is 45.6 Å². The van der Waals surface area contributed by atoms with Gasteiger partial charge in [0, 0.05) is 0 Å². The number of amides is 1. The highest BCUT2D eigenvalue weighted by Gasteiger charge is 2.35. The molecule has 0 radical (unpaired) electrons. The van der Waals surface area contributed by atoms with E-state index in [0.717, 1.165) is 32.4 Å². The molecule has 0 aromatic heterocycles. The highest BCUT2D eigenvalue weighted by atomic mass is 16.6. The zero-order valence-corrected chi connectivity index (χ0v) is 9.93. The number of nitrogens with one attached hydrogen (secondary N) is 1. The SMILES string of the molecule is CC1(CC(C)(C)OC(N)=O)CCNCC1. The first-order valence-corrected chi connectivity index (χ1v) is 5.52. The van der Waals surface area contributed by atoms with Crippen LogP contribution in [0.2, 0.25) is 0 Å². The van der Waals surface area contributed by atoms with Crippen molar-refractivity contribution in [1.29, 1.82) is 0 Å². The lowest BCUT2D eigenvalue weighted by Crippen LogP contribution is -2.42. The van der Waals surface area contributed by atoms with E-state index in [4.69, 9.17) is 10.5 Å². The minimum atomic E-state index is -0.683. The van der Waals surface area contributed by atoms with Crippen LogP contribution in [0.15, 0.2) is 0 Å². The van der Waals surface area contributed by atoms with Crippen LogP contribution in [0.25, 0.3) is 0 Å². The Hall–Kier alpha value is -0.770. The molecule has 1 saturated heterocycles. The number of nitrogens with two attached hydrogens (primary N) is 1. The Morgan fingerprint density at radius 1 is 1.47 bits per heavy atom. The quantitative estimate of drug-likeness (QED) is 0.750. The van der Waals surface area contributed by atoms with Crippen molar-refractivity contribution in [2.24, 2.45) is 11.1 Å². The van der Waals surface area contributed by atoms with Crippen molar-refractivity contribution in [3.05, 3.63) is 0 Å². The third-order valence-corrected chi connectivity index (χ3v) is 3.04. The first-order valence-electron chi connectivity index (χ1n) is 5.52. The van der Waals surface area contributed by atoms with Crippen molar-refractivity contribution in [3.8, 4) is 0 Å². The van der Waals surface area contributed by atoms with E-state index in [1.165, 1.54) is 0 Å². The Morgan fingerprint density at radius 3 is 2.47 bits per heavy atom. The second kappa shape index (κ2) is 4.39. The average molecular weight is 214 g/mol. The van der Waals surface area contributed by atoms with Crippen molar-refractivity contribution in [1.82, 2.24) is 5.32 Å². The van der Waals surface area contributed by atoms with Crippen molar-refractivity contribution < 1.29 is 9.53 Å². The molecule has 0 aromatic rings. The van der Waals surface area contributed by atoms with Crippen LogP contribution in [-0.2, 0) is 4.74 Å². The summed E-state index contributed by atoms with van der Waals surface area (Å²) in [7, 11) is 0. The van der Waals surface area contributed by atoms with Crippen LogP contribution < -0.4 is 11.1 Å². The predicted molar refractivity (Wildman–Crippen MR) is 59.6 cm³/mol. The van der Waals surface area contributed by atoms with Gasteiger partial charge in [0.25, 0.3) is 0 Å². The highest BCUT2D eigenvalue weighted by molar-refractivity contribution is 5.65. The third kappa shape index (κ3) is 4.08. The van der Waals surface area contributed by atoms with Gasteiger partial charge in [0.1, 0.15) is 5.60 Å². The monoisotopic (exact) mass is 214 g/mol. The summed E-state index contributed by atoms with van der Waals surface area (Å²) in [6.45, 7) is 8.18. The smallest absolute Gasteiger partial charge is 0.405 e. The molecule has 1 fully saturated rings. The maximum atomic E-state index is 10.7. The van der Waals surface area contributed by atoms with E-state index in [9.17, 15) is 4.79 Å². The molecule has 0 bridgehead atoms. The number of primary amides is 1. The lowest BCUT2D eigenvalue weighted by atomic mass is 9.73. The van der Waals surface area contributed by atoms with Crippen molar-refractivity contribution >= 4 is 6.09 Å². The maximum absolute atomic E-state index is 10.7. The molecule has 1 heterocycles. The minimum Gasteiger partial charge on any atom is -0.444 e. The molecular formula is C11H22N2O2. The summed E-state index contributed by atoms with van der Waals surface area (Å²) in [5, 5.41) is 3.33. The summed E-state index contributed by atoms with van der Waals surface area (Å²) in [5.41, 5.74) is 4.85. The molecule has 15 heavy (non-hydrogen) atoms. The van der Waals surface area contributed by atoms with Gasteiger partial charge in [-0.3, -0.25) is 0 Å². The number of hydrogen-bond donors (Lipinski definition) is 2. The second-order valence-corrected chi connectivity index (χ2v) is 5.42. The Labute approximate surface area is 91.5 Å². The molecule has 0 aliphatic carbocycles. The molecule has 0 saturated carbocycles. The molecule has 1 rings (SSSR count). The summed E-state index contributed by atoms with van der Waals surface area (Å²) in [5.74, 6) is 0. The molecule has 1 aliphatic heterocycles.